The van der Waals surface area contributed by atoms with E-state index in [4.69, 9.17) is 4.74 Å². The lowest BCUT2D eigenvalue weighted by Crippen LogP contribution is -2.50. The number of nitro benzene ring substituents is 2. The van der Waals surface area contributed by atoms with Crippen LogP contribution in [0.2, 0.25) is 0 Å². The Labute approximate surface area is 183 Å². The summed E-state index contributed by atoms with van der Waals surface area (Å²) in [4.78, 5) is 35.2. The van der Waals surface area contributed by atoms with Gasteiger partial charge in [0.05, 0.1) is 21.9 Å². The van der Waals surface area contributed by atoms with Crippen LogP contribution in [0.1, 0.15) is 15.9 Å². The minimum absolute atomic E-state index is 0.0153. The zero-order valence-corrected chi connectivity index (χ0v) is 18.1. The van der Waals surface area contributed by atoms with Gasteiger partial charge in [-0.15, -0.1) is 0 Å². The summed E-state index contributed by atoms with van der Waals surface area (Å²) in [5.41, 5.74) is -0.465. The molecule has 0 aromatic heterocycles. The third kappa shape index (κ3) is 4.24. The number of benzene rings is 2. The number of para-hydroxylation sites is 1. The molecule has 0 atom stereocenters. The molecule has 0 N–H and O–H groups in total. The molecule has 0 spiro atoms. The summed E-state index contributed by atoms with van der Waals surface area (Å²) in [7, 11) is -2.82. The number of aryl methyl sites for hydroxylation is 1. The first-order valence-electron chi connectivity index (χ1n) is 9.43. The lowest BCUT2D eigenvalue weighted by molar-refractivity contribution is -0.386. The molecule has 2 aromatic carbocycles. The van der Waals surface area contributed by atoms with Crippen molar-refractivity contribution >= 4 is 27.3 Å². The van der Waals surface area contributed by atoms with Gasteiger partial charge >= 0.3 is 5.69 Å². The van der Waals surface area contributed by atoms with Crippen LogP contribution in [0, 0.1) is 27.2 Å². The Morgan fingerprint density at radius 3 is 2.25 bits per heavy atom. The van der Waals surface area contributed by atoms with E-state index in [1.807, 2.05) is 0 Å². The molecule has 0 bridgehead atoms. The maximum absolute atomic E-state index is 13.0. The molecule has 32 heavy (non-hydrogen) atoms. The molecule has 0 radical (unpaired) electrons. The Balaban J connectivity index is 1.80. The van der Waals surface area contributed by atoms with Crippen molar-refractivity contribution in [3.05, 3.63) is 67.8 Å². The van der Waals surface area contributed by atoms with Gasteiger partial charge in [-0.3, -0.25) is 25.0 Å². The molecule has 1 heterocycles. The molecule has 0 saturated carbocycles. The molecule has 0 aliphatic carbocycles. The molecule has 1 aliphatic rings. The number of nitrogens with zero attached hydrogens (tertiary/aromatic N) is 4. The number of methoxy groups -OCH3 is 1. The van der Waals surface area contributed by atoms with E-state index < -0.39 is 31.5 Å². The van der Waals surface area contributed by atoms with E-state index in [0.717, 1.165) is 10.4 Å². The summed E-state index contributed by atoms with van der Waals surface area (Å²) in [5.74, 6) is -0.623. The molecule has 1 amide bonds. The van der Waals surface area contributed by atoms with Gasteiger partial charge in [0.1, 0.15) is 5.56 Å². The van der Waals surface area contributed by atoms with Crippen molar-refractivity contribution in [1.82, 2.24) is 9.21 Å². The summed E-state index contributed by atoms with van der Waals surface area (Å²) in [6, 6.07) is 7.81. The number of amides is 1. The van der Waals surface area contributed by atoms with E-state index in [0.29, 0.717) is 5.56 Å². The Morgan fingerprint density at radius 2 is 1.69 bits per heavy atom. The Hall–Kier alpha value is -3.58. The van der Waals surface area contributed by atoms with Gasteiger partial charge in [0.2, 0.25) is 10.0 Å². The fourth-order valence-corrected chi connectivity index (χ4v) is 4.94. The standard InChI is InChI=1S/C19H20N4O8S/c1-13-4-3-5-15(18(13)23(27)28)19(24)20-8-10-21(11-9-20)32(29,30)14-6-7-17(31-2)16(12-14)22(25)26/h3-7,12H,8-11H2,1-2H3. The normalized spacial score (nSPS) is 14.8. The van der Waals surface area contributed by atoms with E-state index in [9.17, 15) is 33.4 Å². The van der Waals surface area contributed by atoms with Gasteiger partial charge in [0.15, 0.2) is 5.75 Å². The third-order valence-electron chi connectivity index (χ3n) is 5.16. The lowest BCUT2D eigenvalue weighted by Gasteiger charge is -2.34. The minimum atomic E-state index is -4.06. The number of hydrogen-bond acceptors (Lipinski definition) is 8. The van der Waals surface area contributed by atoms with Crippen LogP contribution < -0.4 is 4.74 Å². The van der Waals surface area contributed by atoms with E-state index in [-0.39, 0.29) is 48.1 Å². The second kappa shape index (κ2) is 8.88. The van der Waals surface area contributed by atoms with Crippen molar-refractivity contribution in [2.75, 3.05) is 33.3 Å². The number of nitro groups is 2. The number of sulfonamides is 1. The van der Waals surface area contributed by atoms with Crippen LogP contribution in [0.25, 0.3) is 0 Å². The first kappa shape index (κ1) is 23.1. The quantitative estimate of drug-likeness (QED) is 0.464. The van der Waals surface area contributed by atoms with Gasteiger partial charge in [0.25, 0.3) is 11.6 Å². The van der Waals surface area contributed by atoms with Gasteiger partial charge in [-0.2, -0.15) is 4.31 Å². The topological polar surface area (TPSA) is 153 Å². The van der Waals surface area contributed by atoms with Crippen molar-refractivity contribution in [1.29, 1.82) is 0 Å². The molecule has 170 valence electrons. The number of carbonyl (C=O) groups is 1. The second-order valence-corrected chi connectivity index (χ2v) is 8.95. The monoisotopic (exact) mass is 464 g/mol. The fraction of sp³-hybridized carbons (Fsp3) is 0.316. The zero-order chi connectivity index (χ0) is 23.6. The highest BCUT2D eigenvalue weighted by Gasteiger charge is 2.34. The van der Waals surface area contributed by atoms with Crippen LogP contribution in [-0.4, -0.2) is 66.7 Å². The third-order valence-corrected chi connectivity index (χ3v) is 7.06. The van der Waals surface area contributed by atoms with Crippen LogP contribution in [0.15, 0.2) is 41.3 Å². The zero-order valence-electron chi connectivity index (χ0n) is 17.3. The number of piperazine rings is 1. The second-order valence-electron chi connectivity index (χ2n) is 7.02. The maximum atomic E-state index is 13.0. The molecule has 13 heteroatoms. The minimum Gasteiger partial charge on any atom is -0.490 e. The van der Waals surface area contributed by atoms with E-state index in [1.54, 1.807) is 6.07 Å². The molecule has 0 unspecified atom stereocenters. The number of carbonyl (C=O) groups excluding carboxylic acids is 1. The van der Waals surface area contributed by atoms with Crippen LogP contribution >= 0.6 is 0 Å². The van der Waals surface area contributed by atoms with Gasteiger partial charge in [-0.25, -0.2) is 8.42 Å². The van der Waals surface area contributed by atoms with Crippen molar-refractivity contribution < 1.29 is 27.8 Å². The van der Waals surface area contributed by atoms with E-state index in [2.05, 4.69) is 0 Å². The maximum Gasteiger partial charge on any atom is 0.312 e. The van der Waals surface area contributed by atoms with Crippen molar-refractivity contribution in [2.45, 2.75) is 11.8 Å². The molecule has 2 aromatic rings. The van der Waals surface area contributed by atoms with Crippen molar-refractivity contribution in [3.8, 4) is 5.75 Å². The predicted octanol–water partition coefficient (Wildman–Crippen LogP) is 1.97. The van der Waals surface area contributed by atoms with Crippen LogP contribution in [-0.2, 0) is 10.0 Å². The van der Waals surface area contributed by atoms with Crippen LogP contribution in [0.5, 0.6) is 5.75 Å². The van der Waals surface area contributed by atoms with E-state index in [1.165, 1.54) is 43.2 Å². The van der Waals surface area contributed by atoms with Crippen molar-refractivity contribution in [3.63, 3.8) is 0 Å². The molecule has 3 rings (SSSR count). The van der Waals surface area contributed by atoms with E-state index >= 15 is 0 Å². The lowest BCUT2D eigenvalue weighted by atomic mass is 10.1. The first-order valence-corrected chi connectivity index (χ1v) is 10.9. The Morgan fingerprint density at radius 1 is 1.03 bits per heavy atom. The van der Waals surface area contributed by atoms with Crippen molar-refractivity contribution in [2.24, 2.45) is 0 Å². The number of rotatable bonds is 6. The number of hydrogen-bond donors (Lipinski definition) is 0. The van der Waals surface area contributed by atoms with Gasteiger partial charge in [-0.1, -0.05) is 12.1 Å². The highest BCUT2D eigenvalue weighted by molar-refractivity contribution is 7.89. The summed E-state index contributed by atoms with van der Waals surface area (Å²) >= 11 is 0. The highest BCUT2D eigenvalue weighted by atomic mass is 32.2. The van der Waals surface area contributed by atoms with Crippen LogP contribution in [0.4, 0.5) is 11.4 Å². The summed E-state index contributed by atoms with van der Waals surface area (Å²) < 4.78 is 31.9. The average Bonchev–Trinajstić information content (AvgIpc) is 2.77. The Bertz CT molecular complexity index is 1190. The number of ether oxygens (including phenoxy) is 1. The summed E-state index contributed by atoms with van der Waals surface area (Å²) in [6.45, 7) is 1.44. The SMILES string of the molecule is COc1ccc(S(=O)(=O)N2CCN(C(=O)c3cccc(C)c3[N+](=O)[O-])CC2)cc1[N+](=O)[O-]. The molecular weight excluding hydrogens is 444 g/mol. The fourth-order valence-electron chi connectivity index (χ4n) is 3.50. The smallest absolute Gasteiger partial charge is 0.312 e. The predicted molar refractivity (Wildman–Crippen MR) is 112 cm³/mol. The molecular formula is C19H20N4O8S. The summed E-state index contributed by atoms with van der Waals surface area (Å²) in [5, 5.41) is 22.6. The van der Waals surface area contributed by atoms with Gasteiger partial charge < -0.3 is 9.64 Å². The molecule has 1 fully saturated rings. The molecule has 12 nitrogen and oxygen atoms in total. The average molecular weight is 464 g/mol. The Kier molecular flexibility index (Phi) is 6.41. The molecule has 1 saturated heterocycles. The molecule has 1 aliphatic heterocycles. The highest BCUT2D eigenvalue weighted by Crippen LogP contribution is 2.31. The van der Waals surface area contributed by atoms with Gasteiger partial charge in [0, 0.05) is 37.8 Å². The largest absolute Gasteiger partial charge is 0.490 e. The summed E-state index contributed by atoms with van der Waals surface area (Å²) in [6.07, 6.45) is 0. The van der Waals surface area contributed by atoms with Gasteiger partial charge in [-0.05, 0) is 25.1 Å². The van der Waals surface area contributed by atoms with Crippen LogP contribution in [0.3, 0.4) is 0 Å². The first-order chi connectivity index (χ1) is 15.1.